The number of nitrogens with one attached hydrogen (secondary N) is 1. The van der Waals surface area contributed by atoms with Gasteiger partial charge in [-0.15, -0.1) is 0 Å². The monoisotopic (exact) mass is 400 g/mol. The number of hydrogen-bond acceptors (Lipinski definition) is 6. The Labute approximate surface area is 171 Å². The first kappa shape index (κ1) is 18.0. The molecule has 0 aliphatic carbocycles. The first-order valence-electron chi connectivity index (χ1n) is 9.33. The smallest absolute Gasteiger partial charge is 0.158 e. The molecular formula is C22H17FN6O. The summed E-state index contributed by atoms with van der Waals surface area (Å²) in [5.41, 5.74) is 3.49. The molecule has 3 aromatic heterocycles. The fourth-order valence-corrected chi connectivity index (χ4v) is 3.28. The van der Waals surface area contributed by atoms with E-state index >= 15 is 0 Å². The minimum atomic E-state index is -0.323. The van der Waals surface area contributed by atoms with Gasteiger partial charge in [-0.25, -0.2) is 23.9 Å². The third-order valence-corrected chi connectivity index (χ3v) is 4.85. The summed E-state index contributed by atoms with van der Waals surface area (Å²) in [5.74, 6) is 1.47. The molecule has 0 radical (unpaired) electrons. The number of ether oxygens (including phenoxy) is 1. The van der Waals surface area contributed by atoms with E-state index in [9.17, 15) is 4.39 Å². The quantitative estimate of drug-likeness (QED) is 0.459. The number of aryl methyl sites for hydroxylation is 2. The summed E-state index contributed by atoms with van der Waals surface area (Å²) in [5, 5.41) is 7.65. The molecule has 148 valence electrons. The number of aromatic nitrogens is 5. The molecule has 0 aliphatic heterocycles. The normalized spacial score (nSPS) is 11.2. The lowest BCUT2D eigenvalue weighted by Gasteiger charge is -2.13. The highest BCUT2D eigenvalue weighted by molar-refractivity contribution is 5.91. The van der Waals surface area contributed by atoms with Gasteiger partial charge in [0.05, 0.1) is 10.9 Å². The largest absolute Gasteiger partial charge is 0.457 e. The standard InChI is InChI=1S/C22H17FN6O/c1-13-3-5-17-20(21(13)23)22(26-11-24-17)28-15-4-6-18(14(2)9-15)30-16-7-8-29-19(10-16)25-12-27-29/h3-12H,1-2H3,(H,24,26,28). The van der Waals surface area contributed by atoms with Crippen molar-refractivity contribution >= 4 is 28.1 Å². The van der Waals surface area contributed by atoms with E-state index in [0.29, 0.717) is 39.4 Å². The number of benzene rings is 2. The van der Waals surface area contributed by atoms with Gasteiger partial charge in [0.25, 0.3) is 0 Å². The summed E-state index contributed by atoms with van der Waals surface area (Å²) in [7, 11) is 0. The maximum atomic E-state index is 14.7. The highest BCUT2D eigenvalue weighted by Gasteiger charge is 2.12. The molecule has 0 atom stereocenters. The van der Waals surface area contributed by atoms with Crippen LogP contribution < -0.4 is 10.1 Å². The molecule has 5 rings (SSSR count). The van der Waals surface area contributed by atoms with E-state index in [1.165, 1.54) is 12.7 Å². The van der Waals surface area contributed by atoms with Crippen molar-refractivity contribution < 1.29 is 9.13 Å². The predicted molar refractivity (Wildman–Crippen MR) is 112 cm³/mol. The maximum Gasteiger partial charge on any atom is 0.158 e. The van der Waals surface area contributed by atoms with Gasteiger partial charge in [0.15, 0.2) is 5.65 Å². The molecule has 0 spiro atoms. The number of pyridine rings is 1. The van der Waals surface area contributed by atoms with Gasteiger partial charge in [0.2, 0.25) is 0 Å². The van der Waals surface area contributed by atoms with Crippen LogP contribution >= 0.6 is 0 Å². The molecule has 3 heterocycles. The van der Waals surface area contributed by atoms with Crippen LogP contribution in [0.4, 0.5) is 15.9 Å². The fourth-order valence-electron chi connectivity index (χ4n) is 3.28. The Kier molecular flexibility index (Phi) is 4.24. The van der Waals surface area contributed by atoms with E-state index in [4.69, 9.17) is 4.74 Å². The van der Waals surface area contributed by atoms with Crippen molar-refractivity contribution in [2.75, 3.05) is 5.32 Å². The molecule has 1 N–H and O–H groups in total. The summed E-state index contributed by atoms with van der Waals surface area (Å²) in [6, 6.07) is 12.8. The molecular weight excluding hydrogens is 383 g/mol. The second-order valence-electron chi connectivity index (χ2n) is 6.95. The van der Waals surface area contributed by atoms with Crippen molar-refractivity contribution in [1.82, 2.24) is 24.6 Å². The highest BCUT2D eigenvalue weighted by atomic mass is 19.1. The van der Waals surface area contributed by atoms with E-state index in [1.807, 2.05) is 37.3 Å². The fraction of sp³-hybridized carbons (Fsp3) is 0.0909. The van der Waals surface area contributed by atoms with Crippen LogP contribution in [0.1, 0.15) is 11.1 Å². The molecule has 0 bridgehead atoms. The van der Waals surface area contributed by atoms with Gasteiger partial charge in [-0.1, -0.05) is 6.07 Å². The minimum absolute atomic E-state index is 0.323. The Morgan fingerprint density at radius 3 is 2.70 bits per heavy atom. The van der Waals surface area contributed by atoms with Crippen molar-refractivity contribution in [2.24, 2.45) is 0 Å². The lowest BCUT2D eigenvalue weighted by molar-refractivity contribution is 0.478. The number of rotatable bonds is 4. The molecule has 2 aromatic carbocycles. The van der Waals surface area contributed by atoms with E-state index in [0.717, 1.165) is 11.3 Å². The number of anilines is 2. The Morgan fingerprint density at radius 1 is 0.933 bits per heavy atom. The first-order chi connectivity index (χ1) is 14.6. The number of fused-ring (bicyclic) bond motifs is 2. The molecule has 0 saturated heterocycles. The summed E-state index contributed by atoms with van der Waals surface area (Å²) in [6.45, 7) is 3.66. The van der Waals surface area contributed by atoms with Crippen molar-refractivity contribution in [1.29, 1.82) is 0 Å². The summed E-state index contributed by atoms with van der Waals surface area (Å²) >= 11 is 0. The van der Waals surface area contributed by atoms with Gasteiger partial charge in [0, 0.05) is 18.0 Å². The Bertz CT molecular complexity index is 1400. The van der Waals surface area contributed by atoms with Crippen LogP contribution in [0.15, 0.2) is 61.3 Å². The van der Waals surface area contributed by atoms with Crippen molar-refractivity contribution in [3.8, 4) is 11.5 Å². The molecule has 0 unspecified atom stereocenters. The van der Waals surface area contributed by atoms with Crippen molar-refractivity contribution in [2.45, 2.75) is 13.8 Å². The van der Waals surface area contributed by atoms with Gasteiger partial charge in [0.1, 0.15) is 35.8 Å². The van der Waals surface area contributed by atoms with E-state index in [1.54, 1.807) is 29.8 Å². The molecule has 8 heteroatoms. The Morgan fingerprint density at radius 2 is 1.83 bits per heavy atom. The topological polar surface area (TPSA) is 77.2 Å². The SMILES string of the molecule is Cc1cc(Nc2ncnc3ccc(C)c(F)c23)ccc1Oc1ccn2ncnc2c1. The Balaban J connectivity index is 1.44. The number of halogens is 1. The average molecular weight is 400 g/mol. The molecule has 0 aliphatic rings. The number of nitrogens with zero attached hydrogens (tertiary/aromatic N) is 5. The third-order valence-electron chi connectivity index (χ3n) is 4.85. The Hall–Kier alpha value is -4.07. The van der Waals surface area contributed by atoms with Gasteiger partial charge in [-0.05, 0) is 55.3 Å². The predicted octanol–water partition coefficient (Wildman–Crippen LogP) is 4.96. The van der Waals surface area contributed by atoms with Crippen LogP contribution in [0.2, 0.25) is 0 Å². The molecule has 0 saturated carbocycles. The van der Waals surface area contributed by atoms with Crippen LogP contribution in [0, 0.1) is 19.7 Å². The van der Waals surface area contributed by atoms with E-state index in [2.05, 4.69) is 25.4 Å². The van der Waals surface area contributed by atoms with Crippen LogP contribution in [-0.2, 0) is 0 Å². The zero-order valence-electron chi connectivity index (χ0n) is 16.3. The zero-order chi connectivity index (χ0) is 20.7. The van der Waals surface area contributed by atoms with Gasteiger partial charge in [-0.3, -0.25) is 0 Å². The van der Waals surface area contributed by atoms with Crippen molar-refractivity contribution in [3.63, 3.8) is 0 Å². The van der Waals surface area contributed by atoms with E-state index < -0.39 is 0 Å². The molecule has 0 amide bonds. The van der Waals surface area contributed by atoms with Crippen LogP contribution in [-0.4, -0.2) is 24.6 Å². The second-order valence-corrected chi connectivity index (χ2v) is 6.95. The lowest BCUT2D eigenvalue weighted by atomic mass is 10.1. The summed E-state index contributed by atoms with van der Waals surface area (Å²) in [4.78, 5) is 12.6. The van der Waals surface area contributed by atoms with Gasteiger partial charge >= 0.3 is 0 Å². The van der Waals surface area contributed by atoms with Gasteiger partial charge in [-0.2, -0.15) is 5.10 Å². The van der Waals surface area contributed by atoms with Crippen LogP contribution in [0.3, 0.4) is 0 Å². The van der Waals surface area contributed by atoms with Gasteiger partial charge < -0.3 is 10.1 Å². The van der Waals surface area contributed by atoms with Crippen LogP contribution in [0.25, 0.3) is 16.6 Å². The minimum Gasteiger partial charge on any atom is -0.457 e. The molecule has 7 nitrogen and oxygen atoms in total. The van der Waals surface area contributed by atoms with E-state index in [-0.39, 0.29) is 5.82 Å². The summed E-state index contributed by atoms with van der Waals surface area (Å²) in [6.07, 6.45) is 4.70. The van der Waals surface area contributed by atoms with Crippen LogP contribution in [0.5, 0.6) is 11.5 Å². The lowest BCUT2D eigenvalue weighted by Crippen LogP contribution is -1.99. The molecule has 5 aromatic rings. The average Bonchev–Trinajstić information content (AvgIpc) is 3.21. The first-order valence-corrected chi connectivity index (χ1v) is 9.33. The second kappa shape index (κ2) is 7.07. The highest BCUT2D eigenvalue weighted by Crippen LogP contribution is 2.31. The number of hydrogen-bond donors (Lipinski definition) is 1. The molecule has 0 fully saturated rings. The zero-order valence-corrected chi connectivity index (χ0v) is 16.3. The maximum absolute atomic E-state index is 14.7. The summed E-state index contributed by atoms with van der Waals surface area (Å²) < 4.78 is 22.4. The molecule has 30 heavy (non-hydrogen) atoms. The van der Waals surface area contributed by atoms with Crippen molar-refractivity contribution in [3.05, 3.63) is 78.3 Å². The third kappa shape index (κ3) is 3.18.